The lowest BCUT2D eigenvalue weighted by Gasteiger charge is -2.08. The molecule has 0 aromatic heterocycles. The van der Waals surface area contributed by atoms with Crippen LogP contribution >= 0.6 is 0 Å². The Labute approximate surface area is 72.9 Å². The summed E-state index contributed by atoms with van der Waals surface area (Å²) in [6, 6.07) is 0. The highest BCUT2D eigenvalue weighted by Crippen LogP contribution is 1.89. The van der Waals surface area contributed by atoms with Crippen LogP contribution in [0.2, 0.25) is 0 Å². The number of aliphatic hydroxyl groups is 1. The number of carbonyl (C=O) groups is 1. The first-order valence-corrected chi connectivity index (χ1v) is 4.17. The highest BCUT2D eigenvalue weighted by molar-refractivity contribution is 5.80. The summed E-state index contributed by atoms with van der Waals surface area (Å²) in [6.45, 7) is 2.95. The molecule has 0 spiro atoms. The normalized spacial score (nSPS) is 12.6. The standard InChI is InChI=1S/C8H17NO3/c1-3-7(10)8(11)9-5-4-6-12-2/h7,10H,3-6H2,1-2H3,(H,9,11)/t7-/m0/s1. The van der Waals surface area contributed by atoms with Crippen molar-refractivity contribution in [3.8, 4) is 0 Å². The second-order valence-corrected chi connectivity index (χ2v) is 2.56. The molecule has 0 aliphatic rings. The van der Waals surface area contributed by atoms with E-state index < -0.39 is 6.10 Å². The summed E-state index contributed by atoms with van der Waals surface area (Å²) in [5.74, 6) is -0.298. The van der Waals surface area contributed by atoms with E-state index in [0.717, 1.165) is 6.42 Å². The Morgan fingerprint density at radius 1 is 1.67 bits per heavy atom. The molecule has 12 heavy (non-hydrogen) atoms. The molecule has 2 N–H and O–H groups in total. The summed E-state index contributed by atoms with van der Waals surface area (Å²) in [6.07, 6.45) is 0.363. The predicted molar refractivity (Wildman–Crippen MR) is 45.8 cm³/mol. The highest BCUT2D eigenvalue weighted by Gasteiger charge is 2.10. The summed E-state index contributed by atoms with van der Waals surface area (Å²) in [7, 11) is 1.61. The molecule has 72 valence electrons. The van der Waals surface area contributed by atoms with Crippen molar-refractivity contribution in [2.75, 3.05) is 20.3 Å². The van der Waals surface area contributed by atoms with E-state index in [1.54, 1.807) is 14.0 Å². The minimum absolute atomic E-state index is 0.298. The molecule has 0 fully saturated rings. The van der Waals surface area contributed by atoms with Crippen LogP contribution in [-0.2, 0) is 9.53 Å². The monoisotopic (exact) mass is 175 g/mol. The van der Waals surface area contributed by atoms with E-state index in [2.05, 4.69) is 5.32 Å². The molecular formula is C8H17NO3. The smallest absolute Gasteiger partial charge is 0.248 e. The molecule has 1 atom stereocenters. The fourth-order valence-electron chi connectivity index (χ4n) is 0.731. The topological polar surface area (TPSA) is 58.6 Å². The molecular weight excluding hydrogens is 158 g/mol. The molecule has 4 heteroatoms. The zero-order valence-electron chi connectivity index (χ0n) is 7.67. The van der Waals surface area contributed by atoms with Crippen molar-refractivity contribution < 1.29 is 14.6 Å². The Morgan fingerprint density at radius 2 is 2.33 bits per heavy atom. The van der Waals surface area contributed by atoms with Crippen LogP contribution in [0.1, 0.15) is 19.8 Å². The van der Waals surface area contributed by atoms with Crippen molar-refractivity contribution in [2.24, 2.45) is 0 Å². The molecule has 0 aliphatic heterocycles. The number of ether oxygens (including phenoxy) is 1. The van der Waals surface area contributed by atoms with Crippen LogP contribution < -0.4 is 5.32 Å². The largest absolute Gasteiger partial charge is 0.385 e. The lowest BCUT2D eigenvalue weighted by Crippen LogP contribution is -2.34. The molecule has 0 aromatic rings. The van der Waals surface area contributed by atoms with Crippen LogP contribution in [0, 0.1) is 0 Å². The van der Waals surface area contributed by atoms with Gasteiger partial charge in [0.2, 0.25) is 5.91 Å². The summed E-state index contributed by atoms with van der Waals surface area (Å²) >= 11 is 0. The van der Waals surface area contributed by atoms with E-state index >= 15 is 0 Å². The van der Waals surface area contributed by atoms with E-state index in [4.69, 9.17) is 9.84 Å². The molecule has 0 rings (SSSR count). The number of aliphatic hydroxyl groups excluding tert-OH is 1. The number of hydrogen-bond donors (Lipinski definition) is 2. The summed E-state index contributed by atoms with van der Waals surface area (Å²) in [5, 5.41) is 11.6. The number of hydrogen-bond acceptors (Lipinski definition) is 3. The highest BCUT2D eigenvalue weighted by atomic mass is 16.5. The third-order valence-corrected chi connectivity index (χ3v) is 1.51. The maximum Gasteiger partial charge on any atom is 0.248 e. The van der Waals surface area contributed by atoms with Gasteiger partial charge in [-0.25, -0.2) is 0 Å². The van der Waals surface area contributed by atoms with Crippen LogP contribution in [0.4, 0.5) is 0 Å². The number of rotatable bonds is 6. The Bertz CT molecular complexity index is 127. The van der Waals surface area contributed by atoms with Crippen LogP contribution in [0.25, 0.3) is 0 Å². The van der Waals surface area contributed by atoms with Crippen molar-refractivity contribution in [1.82, 2.24) is 5.32 Å². The number of carbonyl (C=O) groups excluding carboxylic acids is 1. The van der Waals surface area contributed by atoms with Crippen LogP contribution in [0.15, 0.2) is 0 Å². The van der Waals surface area contributed by atoms with Gasteiger partial charge in [0.05, 0.1) is 0 Å². The van der Waals surface area contributed by atoms with E-state index in [-0.39, 0.29) is 5.91 Å². The average Bonchev–Trinajstić information content (AvgIpc) is 2.10. The fraction of sp³-hybridized carbons (Fsp3) is 0.875. The minimum Gasteiger partial charge on any atom is -0.385 e. The van der Waals surface area contributed by atoms with Gasteiger partial charge in [-0.3, -0.25) is 4.79 Å². The minimum atomic E-state index is -0.868. The van der Waals surface area contributed by atoms with E-state index in [9.17, 15) is 4.79 Å². The van der Waals surface area contributed by atoms with Crippen LogP contribution in [0.3, 0.4) is 0 Å². The quantitative estimate of drug-likeness (QED) is 0.555. The van der Waals surface area contributed by atoms with Gasteiger partial charge in [-0.05, 0) is 12.8 Å². The molecule has 0 heterocycles. The Hall–Kier alpha value is -0.610. The zero-order valence-corrected chi connectivity index (χ0v) is 7.67. The molecule has 4 nitrogen and oxygen atoms in total. The molecule has 1 amide bonds. The van der Waals surface area contributed by atoms with Crippen LogP contribution in [0.5, 0.6) is 0 Å². The number of nitrogens with one attached hydrogen (secondary N) is 1. The van der Waals surface area contributed by atoms with Gasteiger partial charge in [-0.1, -0.05) is 6.92 Å². The Morgan fingerprint density at radius 3 is 2.83 bits per heavy atom. The summed E-state index contributed by atoms with van der Waals surface area (Å²) in [4.78, 5) is 10.9. The zero-order chi connectivity index (χ0) is 9.40. The lowest BCUT2D eigenvalue weighted by molar-refractivity contribution is -0.129. The fourth-order valence-corrected chi connectivity index (χ4v) is 0.731. The first-order chi connectivity index (χ1) is 5.72. The third kappa shape index (κ3) is 5.09. The van der Waals surface area contributed by atoms with Crippen molar-refractivity contribution >= 4 is 5.91 Å². The Balaban J connectivity index is 3.31. The van der Waals surface area contributed by atoms with Crippen molar-refractivity contribution in [2.45, 2.75) is 25.9 Å². The van der Waals surface area contributed by atoms with Gasteiger partial charge in [-0.15, -0.1) is 0 Å². The number of amides is 1. The van der Waals surface area contributed by atoms with E-state index in [1.807, 2.05) is 0 Å². The molecule has 0 saturated heterocycles. The predicted octanol–water partition coefficient (Wildman–Crippen LogP) is -0.0900. The third-order valence-electron chi connectivity index (χ3n) is 1.51. The molecule has 0 radical (unpaired) electrons. The molecule has 0 bridgehead atoms. The van der Waals surface area contributed by atoms with Crippen molar-refractivity contribution in [3.05, 3.63) is 0 Å². The van der Waals surface area contributed by atoms with E-state index in [1.165, 1.54) is 0 Å². The second-order valence-electron chi connectivity index (χ2n) is 2.56. The molecule has 0 aliphatic carbocycles. The van der Waals surface area contributed by atoms with Gasteiger partial charge in [0.15, 0.2) is 0 Å². The SMILES string of the molecule is CC[C@H](O)C(=O)NCCCOC. The number of methoxy groups -OCH3 is 1. The average molecular weight is 175 g/mol. The molecule has 0 aromatic carbocycles. The van der Waals surface area contributed by atoms with Crippen molar-refractivity contribution in [3.63, 3.8) is 0 Å². The van der Waals surface area contributed by atoms with Crippen molar-refractivity contribution in [1.29, 1.82) is 0 Å². The van der Waals surface area contributed by atoms with E-state index in [0.29, 0.717) is 19.6 Å². The van der Waals surface area contributed by atoms with Gasteiger partial charge >= 0.3 is 0 Å². The second kappa shape index (κ2) is 7.06. The summed E-state index contributed by atoms with van der Waals surface area (Å²) < 4.78 is 4.80. The van der Waals surface area contributed by atoms with Crippen LogP contribution in [-0.4, -0.2) is 37.4 Å². The maximum absolute atomic E-state index is 10.9. The van der Waals surface area contributed by atoms with Gasteiger partial charge in [-0.2, -0.15) is 0 Å². The summed E-state index contributed by atoms with van der Waals surface area (Å²) in [5.41, 5.74) is 0. The first kappa shape index (κ1) is 11.4. The molecule has 0 unspecified atom stereocenters. The van der Waals surface area contributed by atoms with Gasteiger partial charge in [0, 0.05) is 20.3 Å². The lowest BCUT2D eigenvalue weighted by atomic mass is 10.2. The Kier molecular flexibility index (Phi) is 6.70. The van der Waals surface area contributed by atoms with Gasteiger partial charge in [0.1, 0.15) is 6.10 Å². The van der Waals surface area contributed by atoms with Gasteiger partial charge in [0.25, 0.3) is 0 Å². The molecule has 0 saturated carbocycles. The maximum atomic E-state index is 10.9. The first-order valence-electron chi connectivity index (χ1n) is 4.17. The van der Waals surface area contributed by atoms with Gasteiger partial charge < -0.3 is 15.2 Å².